The Morgan fingerprint density at radius 3 is 2.20 bits per heavy atom. The highest BCUT2D eigenvalue weighted by molar-refractivity contribution is 5.80. The minimum Gasteiger partial charge on any atom is -0.493 e. The summed E-state index contributed by atoms with van der Waals surface area (Å²) in [7, 11) is 0. The topological polar surface area (TPSA) is 26.3 Å². The van der Waals surface area contributed by atoms with Gasteiger partial charge in [0.25, 0.3) is 0 Å². The van der Waals surface area contributed by atoms with Crippen LogP contribution in [0.5, 0.6) is 5.75 Å². The fourth-order valence-corrected chi connectivity index (χ4v) is 1.47. The van der Waals surface area contributed by atoms with Crippen LogP contribution >= 0.6 is 0 Å². The molecule has 0 amide bonds. The van der Waals surface area contributed by atoms with E-state index in [0.29, 0.717) is 12.5 Å². The number of carbonyl (C=O) groups is 1. The second-order valence-electron chi connectivity index (χ2n) is 4.29. The molecule has 1 rings (SSSR count). The van der Waals surface area contributed by atoms with E-state index in [2.05, 4.69) is 13.8 Å². The van der Waals surface area contributed by atoms with Crippen LogP contribution in [-0.4, -0.2) is 12.9 Å². The quantitative estimate of drug-likeness (QED) is 0.707. The summed E-state index contributed by atoms with van der Waals surface area (Å²) in [5, 5.41) is 0. The molecule has 0 fully saturated rings. The molecule has 0 heterocycles. The summed E-state index contributed by atoms with van der Waals surface area (Å²) in [6.45, 7) is 8.79. The van der Waals surface area contributed by atoms with Gasteiger partial charge in [0.2, 0.25) is 0 Å². The van der Waals surface area contributed by atoms with E-state index in [1.54, 1.807) is 0 Å². The van der Waals surface area contributed by atoms with Crippen LogP contribution in [0.3, 0.4) is 0 Å². The molecule has 82 valence electrons. The Labute approximate surface area is 91.3 Å². The van der Waals surface area contributed by atoms with Crippen LogP contribution in [0, 0.1) is 19.8 Å². The van der Waals surface area contributed by atoms with Crippen LogP contribution in [0.1, 0.15) is 35.3 Å². The fraction of sp³-hybridized carbons (Fsp3) is 0.462. The van der Waals surface area contributed by atoms with Gasteiger partial charge in [0.05, 0.1) is 6.61 Å². The van der Waals surface area contributed by atoms with Gasteiger partial charge >= 0.3 is 0 Å². The number of ether oxygens (including phenoxy) is 1. The smallest absolute Gasteiger partial charge is 0.150 e. The summed E-state index contributed by atoms with van der Waals surface area (Å²) in [4.78, 5) is 10.8. The maximum absolute atomic E-state index is 10.8. The zero-order chi connectivity index (χ0) is 11.4. The molecule has 0 aliphatic rings. The predicted octanol–water partition coefficient (Wildman–Crippen LogP) is 3.15. The molecular weight excluding hydrogens is 188 g/mol. The third-order valence-corrected chi connectivity index (χ3v) is 2.27. The lowest BCUT2D eigenvalue weighted by Crippen LogP contribution is -2.05. The summed E-state index contributed by atoms with van der Waals surface area (Å²) in [6, 6.07) is 3.83. The summed E-state index contributed by atoms with van der Waals surface area (Å²) in [5.74, 6) is 1.36. The summed E-state index contributed by atoms with van der Waals surface area (Å²) >= 11 is 0. The average Bonchev–Trinajstić information content (AvgIpc) is 2.14. The average molecular weight is 206 g/mol. The molecule has 0 saturated heterocycles. The van der Waals surface area contributed by atoms with Crippen molar-refractivity contribution >= 4 is 6.29 Å². The molecule has 0 aliphatic heterocycles. The third-order valence-electron chi connectivity index (χ3n) is 2.27. The van der Waals surface area contributed by atoms with Crippen molar-refractivity contribution in [3.63, 3.8) is 0 Å². The molecule has 1 aromatic rings. The van der Waals surface area contributed by atoms with Crippen LogP contribution in [-0.2, 0) is 0 Å². The fourth-order valence-electron chi connectivity index (χ4n) is 1.47. The van der Waals surface area contributed by atoms with Gasteiger partial charge in [-0.2, -0.15) is 0 Å². The van der Waals surface area contributed by atoms with Crippen molar-refractivity contribution in [3.05, 3.63) is 28.8 Å². The molecule has 0 atom stereocenters. The number of rotatable bonds is 4. The number of hydrogen-bond acceptors (Lipinski definition) is 2. The minimum atomic E-state index is 0.511. The molecule has 0 unspecified atom stereocenters. The van der Waals surface area contributed by atoms with E-state index in [0.717, 1.165) is 28.7 Å². The third kappa shape index (κ3) is 3.08. The van der Waals surface area contributed by atoms with E-state index in [9.17, 15) is 4.79 Å². The minimum absolute atomic E-state index is 0.511. The molecule has 0 spiro atoms. The molecular formula is C13H18O2. The maximum Gasteiger partial charge on any atom is 0.150 e. The Morgan fingerprint density at radius 2 is 1.80 bits per heavy atom. The van der Waals surface area contributed by atoms with E-state index in [-0.39, 0.29) is 0 Å². The van der Waals surface area contributed by atoms with Crippen molar-refractivity contribution in [2.75, 3.05) is 6.61 Å². The SMILES string of the molecule is Cc1cc(OCC(C)C)cc(C)c1C=O. The number of aldehydes is 1. The number of benzene rings is 1. The first kappa shape index (κ1) is 11.8. The highest BCUT2D eigenvalue weighted by Gasteiger charge is 2.05. The maximum atomic E-state index is 10.8. The Kier molecular flexibility index (Phi) is 3.89. The van der Waals surface area contributed by atoms with E-state index >= 15 is 0 Å². The lowest BCUT2D eigenvalue weighted by atomic mass is 10.0. The molecule has 1 aromatic carbocycles. The molecule has 0 aromatic heterocycles. The van der Waals surface area contributed by atoms with Crippen molar-refractivity contribution in [1.82, 2.24) is 0 Å². The Bertz CT molecular complexity index is 331. The van der Waals surface area contributed by atoms with Gasteiger partial charge in [-0.3, -0.25) is 4.79 Å². The van der Waals surface area contributed by atoms with Crippen LogP contribution in [0.2, 0.25) is 0 Å². The molecule has 2 heteroatoms. The molecule has 15 heavy (non-hydrogen) atoms. The van der Waals surface area contributed by atoms with Gasteiger partial charge < -0.3 is 4.74 Å². The van der Waals surface area contributed by atoms with Crippen LogP contribution in [0.15, 0.2) is 12.1 Å². The van der Waals surface area contributed by atoms with E-state index in [1.807, 2.05) is 26.0 Å². The highest BCUT2D eigenvalue weighted by Crippen LogP contribution is 2.20. The Morgan fingerprint density at radius 1 is 1.27 bits per heavy atom. The van der Waals surface area contributed by atoms with Gasteiger partial charge in [-0.25, -0.2) is 0 Å². The number of carbonyl (C=O) groups excluding carboxylic acids is 1. The van der Waals surface area contributed by atoms with Crippen LogP contribution < -0.4 is 4.74 Å². The summed E-state index contributed by atoms with van der Waals surface area (Å²) in [6.07, 6.45) is 0.900. The van der Waals surface area contributed by atoms with Gasteiger partial charge in [0.1, 0.15) is 5.75 Å². The number of hydrogen-bond donors (Lipinski definition) is 0. The van der Waals surface area contributed by atoms with Crippen molar-refractivity contribution in [3.8, 4) is 5.75 Å². The standard InChI is InChI=1S/C13H18O2/c1-9(2)8-15-12-5-10(3)13(7-14)11(4)6-12/h5-7,9H,8H2,1-4H3. The normalized spacial score (nSPS) is 10.5. The van der Waals surface area contributed by atoms with Gasteiger partial charge in [0.15, 0.2) is 6.29 Å². The molecule has 2 nitrogen and oxygen atoms in total. The second kappa shape index (κ2) is 4.96. The lowest BCUT2D eigenvalue weighted by molar-refractivity contribution is 0.112. The monoisotopic (exact) mass is 206 g/mol. The Hall–Kier alpha value is -1.31. The van der Waals surface area contributed by atoms with E-state index < -0.39 is 0 Å². The summed E-state index contributed by atoms with van der Waals surface area (Å²) < 4.78 is 5.61. The molecule has 0 radical (unpaired) electrons. The predicted molar refractivity (Wildman–Crippen MR) is 61.6 cm³/mol. The van der Waals surface area contributed by atoms with Crippen molar-refractivity contribution in [2.24, 2.45) is 5.92 Å². The number of aryl methyl sites for hydroxylation is 2. The van der Waals surface area contributed by atoms with E-state index in [1.165, 1.54) is 0 Å². The van der Waals surface area contributed by atoms with Crippen molar-refractivity contribution in [2.45, 2.75) is 27.7 Å². The summed E-state index contributed by atoms with van der Waals surface area (Å²) in [5.41, 5.74) is 2.72. The van der Waals surface area contributed by atoms with Crippen molar-refractivity contribution < 1.29 is 9.53 Å². The van der Waals surface area contributed by atoms with E-state index in [4.69, 9.17) is 4.74 Å². The van der Waals surface area contributed by atoms with Gasteiger partial charge in [0, 0.05) is 5.56 Å². The molecule has 0 N–H and O–H groups in total. The van der Waals surface area contributed by atoms with Crippen LogP contribution in [0.4, 0.5) is 0 Å². The van der Waals surface area contributed by atoms with Gasteiger partial charge in [-0.1, -0.05) is 13.8 Å². The first-order valence-corrected chi connectivity index (χ1v) is 5.23. The van der Waals surface area contributed by atoms with Gasteiger partial charge in [-0.05, 0) is 43.0 Å². The first-order valence-electron chi connectivity index (χ1n) is 5.23. The molecule has 0 saturated carbocycles. The second-order valence-corrected chi connectivity index (χ2v) is 4.29. The van der Waals surface area contributed by atoms with Gasteiger partial charge in [-0.15, -0.1) is 0 Å². The molecule has 0 aliphatic carbocycles. The lowest BCUT2D eigenvalue weighted by Gasteiger charge is -2.11. The zero-order valence-electron chi connectivity index (χ0n) is 9.83. The molecule has 0 bridgehead atoms. The zero-order valence-corrected chi connectivity index (χ0v) is 9.83. The highest BCUT2D eigenvalue weighted by atomic mass is 16.5. The van der Waals surface area contributed by atoms with Crippen LogP contribution in [0.25, 0.3) is 0 Å². The van der Waals surface area contributed by atoms with Crippen molar-refractivity contribution in [1.29, 1.82) is 0 Å². The largest absolute Gasteiger partial charge is 0.493 e. The Balaban J connectivity index is 2.88. The first-order chi connectivity index (χ1) is 7.04.